The summed E-state index contributed by atoms with van der Waals surface area (Å²) in [6.07, 6.45) is 0. The van der Waals surface area contributed by atoms with Crippen LogP contribution in [0.4, 0.5) is 5.69 Å². The molecule has 0 radical (unpaired) electrons. The second-order valence-corrected chi connectivity index (χ2v) is 4.91. The van der Waals surface area contributed by atoms with E-state index in [1.807, 2.05) is 0 Å². The van der Waals surface area contributed by atoms with Crippen molar-refractivity contribution >= 4 is 16.6 Å². The number of benzene rings is 2. The zero-order chi connectivity index (χ0) is 17.1. The van der Waals surface area contributed by atoms with Gasteiger partial charge in [0.05, 0.1) is 29.0 Å². The highest BCUT2D eigenvalue weighted by Gasteiger charge is 2.17. The van der Waals surface area contributed by atoms with E-state index in [0.717, 1.165) is 0 Å². The van der Waals surface area contributed by atoms with E-state index in [2.05, 4.69) is 9.97 Å². The number of aromatic amines is 1. The summed E-state index contributed by atoms with van der Waals surface area (Å²) in [6, 6.07) is 11.2. The largest absolute Gasteiger partial charge is 0.496 e. The summed E-state index contributed by atoms with van der Waals surface area (Å²) < 4.78 is 10.4. The number of nitrogens with zero attached hydrogens (tertiary/aromatic N) is 2. The van der Waals surface area contributed by atoms with E-state index in [1.165, 1.54) is 19.2 Å². The Hall–Kier alpha value is -3.42. The lowest BCUT2D eigenvalue weighted by Crippen LogP contribution is -2.13. The smallest absolute Gasteiger partial charge is 0.314 e. The minimum absolute atomic E-state index is 0.0663. The summed E-state index contributed by atoms with van der Waals surface area (Å²) in [6.45, 7) is -0.104. The highest BCUT2D eigenvalue weighted by Crippen LogP contribution is 2.31. The molecule has 0 amide bonds. The molecule has 8 heteroatoms. The number of rotatable bonds is 5. The molecular formula is C16H13N3O5. The summed E-state index contributed by atoms with van der Waals surface area (Å²) in [4.78, 5) is 29.4. The second-order valence-electron chi connectivity index (χ2n) is 4.91. The molecule has 0 atom stereocenters. The molecule has 1 aromatic heterocycles. The summed E-state index contributed by atoms with van der Waals surface area (Å²) in [5.41, 5.74) is 0.0185. The van der Waals surface area contributed by atoms with E-state index < -0.39 is 4.92 Å². The summed E-state index contributed by atoms with van der Waals surface area (Å²) >= 11 is 0. The molecular weight excluding hydrogens is 314 g/mol. The number of ether oxygens (including phenoxy) is 2. The van der Waals surface area contributed by atoms with E-state index in [-0.39, 0.29) is 29.4 Å². The summed E-state index contributed by atoms with van der Waals surface area (Å²) in [7, 11) is 1.42. The maximum atomic E-state index is 12.0. The summed E-state index contributed by atoms with van der Waals surface area (Å²) in [5.74, 6) is 0.701. The van der Waals surface area contributed by atoms with Gasteiger partial charge in [-0.2, -0.15) is 0 Å². The van der Waals surface area contributed by atoms with Gasteiger partial charge in [0.2, 0.25) is 0 Å². The zero-order valence-corrected chi connectivity index (χ0v) is 12.7. The number of hydrogen-bond donors (Lipinski definition) is 1. The van der Waals surface area contributed by atoms with Gasteiger partial charge in [0, 0.05) is 0 Å². The van der Waals surface area contributed by atoms with Gasteiger partial charge in [0.25, 0.3) is 5.56 Å². The van der Waals surface area contributed by atoms with Crippen LogP contribution in [-0.2, 0) is 6.61 Å². The Labute approximate surface area is 135 Å². The number of aromatic nitrogens is 2. The number of para-hydroxylation sites is 1. The fraction of sp³-hybridized carbons (Fsp3) is 0.125. The van der Waals surface area contributed by atoms with E-state index in [4.69, 9.17) is 9.47 Å². The van der Waals surface area contributed by atoms with E-state index in [0.29, 0.717) is 16.7 Å². The number of fused-ring (bicyclic) bond motifs is 1. The molecule has 24 heavy (non-hydrogen) atoms. The van der Waals surface area contributed by atoms with Gasteiger partial charge in [-0.3, -0.25) is 14.9 Å². The van der Waals surface area contributed by atoms with Crippen LogP contribution in [0.15, 0.2) is 47.3 Å². The molecule has 0 saturated heterocycles. The van der Waals surface area contributed by atoms with E-state index in [1.54, 1.807) is 30.3 Å². The van der Waals surface area contributed by atoms with Crippen LogP contribution in [0.3, 0.4) is 0 Å². The average Bonchev–Trinajstić information content (AvgIpc) is 2.59. The first-order chi connectivity index (χ1) is 11.6. The van der Waals surface area contributed by atoms with Crippen molar-refractivity contribution in [2.75, 3.05) is 7.11 Å². The Kier molecular flexibility index (Phi) is 4.11. The quantitative estimate of drug-likeness (QED) is 0.569. The van der Waals surface area contributed by atoms with Crippen molar-refractivity contribution in [3.05, 3.63) is 68.8 Å². The molecule has 1 N–H and O–H groups in total. The first kappa shape index (κ1) is 15.5. The lowest BCUT2D eigenvalue weighted by atomic mass is 10.2. The van der Waals surface area contributed by atoms with Crippen LogP contribution in [0.2, 0.25) is 0 Å². The highest BCUT2D eigenvalue weighted by atomic mass is 16.6. The van der Waals surface area contributed by atoms with Gasteiger partial charge in [-0.15, -0.1) is 0 Å². The molecule has 0 aliphatic heterocycles. The third-order valence-corrected chi connectivity index (χ3v) is 3.39. The van der Waals surface area contributed by atoms with Crippen molar-refractivity contribution < 1.29 is 14.4 Å². The van der Waals surface area contributed by atoms with Crippen molar-refractivity contribution in [3.63, 3.8) is 0 Å². The fourth-order valence-corrected chi connectivity index (χ4v) is 2.24. The molecule has 0 bridgehead atoms. The van der Waals surface area contributed by atoms with Crippen LogP contribution in [0.25, 0.3) is 10.9 Å². The molecule has 8 nitrogen and oxygen atoms in total. The standard InChI is InChI=1S/C16H13N3O5/c1-23-10-6-7-14(13(8-10)19(21)22)24-9-15-17-12-5-3-2-4-11(12)16(20)18-15/h2-8H,9H2,1H3,(H,17,18,20). The number of hydrogen-bond acceptors (Lipinski definition) is 6. The fourth-order valence-electron chi connectivity index (χ4n) is 2.24. The first-order valence-electron chi connectivity index (χ1n) is 7.01. The Balaban J connectivity index is 1.88. The van der Waals surface area contributed by atoms with Crippen LogP contribution < -0.4 is 15.0 Å². The Morgan fingerprint density at radius 3 is 2.79 bits per heavy atom. The Morgan fingerprint density at radius 1 is 1.25 bits per heavy atom. The van der Waals surface area contributed by atoms with Crippen molar-refractivity contribution in [1.82, 2.24) is 9.97 Å². The molecule has 122 valence electrons. The van der Waals surface area contributed by atoms with Crippen molar-refractivity contribution in [2.45, 2.75) is 6.61 Å². The number of H-pyrrole nitrogens is 1. The lowest BCUT2D eigenvalue weighted by Gasteiger charge is -2.08. The Morgan fingerprint density at radius 2 is 2.04 bits per heavy atom. The predicted octanol–water partition coefficient (Wildman–Crippen LogP) is 2.42. The monoisotopic (exact) mass is 327 g/mol. The van der Waals surface area contributed by atoms with Gasteiger partial charge in [-0.1, -0.05) is 12.1 Å². The molecule has 3 aromatic rings. The van der Waals surface area contributed by atoms with Crippen LogP contribution in [-0.4, -0.2) is 22.0 Å². The molecule has 0 fully saturated rings. The van der Waals surface area contributed by atoms with Gasteiger partial charge in [-0.05, 0) is 24.3 Å². The number of nitrogens with one attached hydrogen (secondary N) is 1. The predicted molar refractivity (Wildman–Crippen MR) is 86.3 cm³/mol. The molecule has 0 aliphatic rings. The molecule has 3 rings (SSSR count). The maximum absolute atomic E-state index is 12.0. The van der Waals surface area contributed by atoms with Gasteiger partial charge < -0.3 is 14.5 Å². The topological polar surface area (TPSA) is 107 Å². The molecule has 0 saturated carbocycles. The second kappa shape index (κ2) is 6.37. The molecule has 0 spiro atoms. The highest BCUT2D eigenvalue weighted by molar-refractivity contribution is 5.77. The molecule has 1 heterocycles. The van der Waals surface area contributed by atoms with Crippen LogP contribution in [0, 0.1) is 10.1 Å². The van der Waals surface area contributed by atoms with Crippen molar-refractivity contribution in [2.24, 2.45) is 0 Å². The Bertz CT molecular complexity index is 967. The minimum atomic E-state index is -0.561. The van der Waals surface area contributed by atoms with Gasteiger partial charge >= 0.3 is 5.69 Å². The summed E-state index contributed by atoms with van der Waals surface area (Å²) in [5, 5.41) is 11.6. The van der Waals surface area contributed by atoms with Crippen LogP contribution in [0.5, 0.6) is 11.5 Å². The van der Waals surface area contributed by atoms with Crippen molar-refractivity contribution in [3.8, 4) is 11.5 Å². The van der Waals surface area contributed by atoms with Crippen LogP contribution in [0.1, 0.15) is 5.82 Å². The number of methoxy groups -OCH3 is 1. The number of nitro benzene ring substituents is 1. The average molecular weight is 327 g/mol. The molecule has 0 aliphatic carbocycles. The van der Waals surface area contributed by atoms with Gasteiger partial charge in [-0.25, -0.2) is 4.98 Å². The minimum Gasteiger partial charge on any atom is -0.496 e. The third kappa shape index (κ3) is 3.02. The van der Waals surface area contributed by atoms with Crippen LogP contribution >= 0.6 is 0 Å². The number of nitro groups is 1. The zero-order valence-electron chi connectivity index (χ0n) is 12.7. The normalized spacial score (nSPS) is 10.5. The van der Waals surface area contributed by atoms with E-state index in [9.17, 15) is 14.9 Å². The van der Waals surface area contributed by atoms with E-state index >= 15 is 0 Å². The first-order valence-corrected chi connectivity index (χ1v) is 7.01. The SMILES string of the molecule is COc1ccc(OCc2nc3ccccc3c(=O)[nH]2)c([N+](=O)[O-])c1. The molecule has 2 aromatic carbocycles. The maximum Gasteiger partial charge on any atom is 0.314 e. The van der Waals surface area contributed by atoms with Gasteiger partial charge in [0.15, 0.2) is 5.75 Å². The molecule has 0 unspecified atom stereocenters. The third-order valence-electron chi connectivity index (χ3n) is 3.39. The lowest BCUT2D eigenvalue weighted by molar-refractivity contribution is -0.386. The van der Waals surface area contributed by atoms with Crippen molar-refractivity contribution in [1.29, 1.82) is 0 Å². The van der Waals surface area contributed by atoms with Gasteiger partial charge in [0.1, 0.15) is 18.2 Å².